The van der Waals surface area contributed by atoms with Crippen molar-refractivity contribution >= 4 is 34.5 Å². The number of hydrogen-bond acceptors (Lipinski definition) is 2. The van der Waals surface area contributed by atoms with Gasteiger partial charge in [0, 0.05) is 0 Å². The predicted molar refractivity (Wildman–Crippen MR) is 73.2 cm³/mol. The third kappa shape index (κ3) is 3.11. The first-order chi connectivity index (χ1) is 7.14. The van der Waals surface area contributed by atoms with Gasteiger partial charge >= 0.3 is 0 Å². The van der Waals surface area contributed by atoms with Crippen molar-refractivity contribution in [1.82, 2.24) is 10.6 Å². The lowest BCUT2D eigenvalue weighted by atomic mass is 9.88. The second kappa shape index (κ2) is 5.75. The first kappa shape index (κ1) is 12.8. The van der Waals surface area contributed by atoms with E-state index in [2.05, 4.69) is 24.5 Å². The van der Waals surface area contributed by atoms with Crippen molar-refractivity contribution in [3.05, 3.63) is 0 Å². The van der Waals surface area contributed by atoms with Crippen molar-refractivity contribution in [3.8, 4) is 0 Å². The Balaban J connectivity index is 2.67. The molecule has 0 aliphatic carbocycles. The van der Waals surface area contributed by atoms with Crippen LogP contribution in [0.1, 0.15) is 52.4 Å². The zero-order chi connectivity index (χ0) is 11.3. The quantitative estimate of drug-likeness (QED) is 0.702. The zero-order valence-corrected chi connectivity index (χ0v) is 11.2. The fourth-order valence-electron chi connectivity index (χ4n) is 1.96. The lowest BCUT2D eigenvalue weighted by molar-refractivity contribution is 0.422. The summed E-state index contributed by atoms with van der Waals surface area (Å²) in [7, 11) is 0. The molecule has 0 aromatic rings. The second-order valence-electron chi connectivity index (χ2n) is 4.20. The topological polar surface area (TPSA) is 24.1 Å². The van der Waals surface area contributed by atoms with Crippen LogP contribution in [0.5, 0.6) is 0 Å². The SMILES string of the molecule is CCCCC1(CCCC)NC(=S)NC1=S. The van der Waals surface area contributed by atoms with E-state index in [0.29, 0.717) is 5.11 Å². The van der Waals surface area contributed by atoms with Crippen LogP contribution in [0.4, 0.5) is 0 Å². The van der Waals surface area contributed by atoms with E-state index in [4.69, 9.17) is 24.4 Å². The van der Waals surface area contributed by atoms with E-state index in [-0.39, 0.29) is 5.54 Å². The normalized spacial score (nSPS) is 18.8. The van der Waals surface area contributed by atoms with Crippen LogP contribution in [0, 0.1) is 0 Å². The molecule has 2 nitrogen and oxygen atoms in total. The van der Waals surface area contributed by atoms with Crippen LogP contribution >= 0.6 is 24.4 Å². The van der Waals surface area contributed by atoms with Gasteiger partial charge in [-0.25, -0.2) is 0 Å². The van der Waals surface area contributed by atoms with E-state index < -0.39 is 0 Å². The van der Waals surface area contributed by atoms with Gasteiger partial charge in [0.05, 0.1) is 5.54 Å². The predicted octanol–water partition coefficient (Wildman–Crippen LogP) is 2.91. The number of nitrogens with one attached hydrogen (secondary N) is 2. The van der Waals surface area contributed by atoms with Crippen molar-refractivity contribution in [2.24, 2.45) is 0 Å². The highest BCUT2D eigenvalue weighted by Gasteiger charge is 2.39. The third-order valence-corrected chi connectivity index (χ3v) is 3.63. The van der Waals surface area contributed by atoms with Crippen molar-refractivity contribution < 1.29 is 0 Å². The van der Waals surface area contributed by atoms with Crippen LogP contribution in [0.2, 0.25) is 0 Å². The first-order valence-electron chi connectivity index (χ1n) is 5.78. The molecule has 0 spiro atoms. The maximum Gasteiger partial charge on any atom is 0.172 e. The highest BCUT2D eigenvalue weighted by atomic mass is 32.1. The Morgan fingerprint density at radius 3 is 1.93 bits per heavy atom. The maximum absolute atomic E-state index is 5.40. The summed E-state index contributed by atoms with van der Waals surface area (Å²) < 4.78 is 0. The van der Waals surface area contributed by atoms with Gasteiger partial charge in [-0.2, -0.15) is 0 Å². The Morgan fingerprint density at radius 2 is 1.60 bits per heavy atom. The summed E-state index contributed by atoms with van der Waals surface area (Å²) in [5.74, 6) is 0. The van der Waals surface area contributed by atoms with Crippen molar-refractivity contribution in [3.63, 3.8) is 0 Å². The van der Waals surface area contributed by atoms with Crippen LogP contribution in [0.25, 0.3) is 0 Å². The van der Waals surface area contributed by atoms with Gasteiger partial charge in [-0.1, -0.05) is 51.7 Å². The van der Waals surface area contributed by atoms with Crippen LogP contribution in [0.3, 0.4) is 0 Å². The second-order valence-corrected chi connectivity index (χ2v) is 5.01. The fraction of sp³-hybridized carbons (Fsp3) is 0.818. The molecule has 0 atom stereocenters. The lowest BCUT2D eigenvalue weighted by Gasteiger charge is -2.28. The summed E-state index contributed by atoms with van der Waals surface area (Å²) in [6.45, 7) is 4.41. The molecule has 0 aromatic heterocycles. The summed E-state index contributed by atoms with van der Waals surface area (Å²) in [5.41, 5.74) is -0.0432. The molecule has 86 valence electrons. The molecule has 1 aliphatic rings. The molecule has 0 unspecified atom stereocenters. The van der Waals surface area contributed by atoms with E-state index >= 15 is 0 Å². The molecule has 0 radical (unpaired) electrons. The summed E-state index contributed by atoms with van der Waals surface area (Å²) in [4.78, 5) is 0.898. The van der Waals surface area contributed by atoms with Crippen molar-refractivity contribution in [2.45, 2.75) is 57.9 Å². The Kier molecular flexibility index (Phi) is 4.93. The van der Waals surface area contributed by atoms with Crippen LogP contribution in [-0.2, 0) is 0 Å². The third-order valence-electron chi connectivity index (χ3n) is 2.93. The highest BCUT2D eigenvalue weighted by Crippen LogP contribution is 2.26. The number of unbranched alkanes of at least 4 members (excludes halogenated alkanes) is 2. The van der Waals surface area contributed by atoms with Gasteiger partial charge in [0.25, 0.3) is 0 Å². The zero-order valence-electron chi connectivity index (χ0n) is 9.56. The van der Waals surface area contributed by atoms with Crippen molar-refractivity contribution in [1.29, 1.82) is 0 Å². The van der Waals surface area contributed by atoms with Gasteiger partial charge in [0.1, 0.15) is 4.99 Å². The minimum atomic E-state index is -0.0432. The number of rotatable bonds is 6. The molecule has 0 saturated carbocycles. The first-order valence-corrected chi connectivity index (χ1v) is 6.60. The summed E-state index contributed by atoms with van der Waals surface area (Å²) in [6, 6.07) is 0. The highest BCUT2D eigenvalue weighted by molar-refractivity contribution is 7.82. The Hall–Kier alpha value is -0.220. The van der Waals surface area contributed by atoms with E-state index in [9.17, 15) is 0 Å². The Labute approximate surface area is 103 Å². The Morgan fingerprint density at radius 1 is 1.07 bits per heavy atom. The maximum atomic E-state index is 5.40. The molecule has 1 saturated heterocycles. The molecule has 1 aliphatic heterocycles. The van der Waals surface area contributed by atoms with Crippen LogP contribution in [0.15, 0.2) is 0 Å². The largest absolute Gasteiger partial charge is 0.351 e. The van der Waals surface area contributed by atoms with Gasteiger partial charge in [-0.3, -0.25) is 0 Å². The molecule has 1 rings (SSSR count). The number of hydrogen-bond donors (Lipinski definition) is 2. The molecule has 4 heteroatoms. The molecule has 0 amide bonds. The van der Waals surface area contributed by atoms with Crippen molar-refractivity contribution in [2.75, 3.05) is 0 Å². The molecule has 1 heterocycles. The smallest absolute Gasteiger partial charge is 0.172 e. The summed E-state index contributed by atoms with van der Waals surface area (Å²) in [5, 5.41) is 7.14. The lowest BCUT2D eigenvalue weighted by Crippen LogP contribution is -2.45. The fourth-order valence-corrected chi connectivity index (χ4v) is 2.68. The molecule has 15 heavy (non-hydrogen) atoms. The van der Waals surface area contributed by atoms with E-state index in [1.54, 1.807) is 0 Å². The van der Waals surface area contributed by atoms with Crippen LogP contribution < -0.4 is 10.6 Å². The standard InChI is InChI=1S/C11H20N2S2/c1-3-5-7-11(8-6-4-2)9(14)12-10(15)13-11/h3-8H2,1-2H3,(H2,12,13,14,15). The minimum Gasteiger partial charge on any atom is -0.351 e. The van der Waals surface area contributed by atoms with Gasteiger partial charge in [0.2, 0.25) is 0 Å². The Bertz CT molecular complexity index is 243. The molecule has 0 aromatic carbocycles. The van der Waals surface area contributed by atoms with Gasteiger partial charge in [-0.15, -0.1) is 0 Å². The van der Waals surface area contributed by atoms with E-state index in [1.165, 1.54) is 25.7 Å². The molecular weight excluding hydrogens is 224 g/mol. The van der Waals surface area contributed by atoms with Crippen LogP contribution in [-0.4, -0.2) is 15.6 Å². The van der Waals surface area contributed by atoms with E-state index in [1.807, 2.05) is 0 Å². The summed E-state index contributed by atoms with van der Waals surface area (Å²) in [6.07, 6.45) is 6.98. The van der Waals surface area contributed by atoms with Gasteiger partial charge in [0.15, 0.2) is 5.11 Å². The molecular formula is C11H20N2S2. The minimum absolute atomic E-state index is 0.0432. The van der Waals surface area contributed by atoms with Gasteiger partial charge < -0.3 is 10.6 Å². The molecule has 2 N–H and O–H groups in total. The molecule has 1 fully saturated rings. The average Bonchev–Trinajstić information content (AvgIpc) is 2.48. The average molecular weight is 244 g/mol. The van der Waals surface area contributed by atoms with E-state index in [0.717, 1.165) is 17.8 Å². The number of thiocarbonyl (C=S) groups is 2. The van der Waals surface area contributed by atoms with Gasteiger partial charge in [-0.05, 0) is 25.1 Å². The molecule has 0 bridgehead atoms. The summed E-state index contributed by atoms with van der Waals surface area (Å²) >= 11 is 10.5. The monoisotopic (exact) mass is 244 g/mol.